The summed E-state index contributed by atoms with van der Waals surface area (Å²) in [4.78, 5) is 35.0. The second kappa shape index (κ2) is 12.4. The fourth-order valence-corrected chi connectivity index (χ4v) is 4.54. The largest absolute Gasteiger partial charge is 0.456 e. The van der Waals surface area contributed by atoms with Crippen LogP contribution in [0.15, 0.2) is 0 Å². The van der Waals surface area contributed by atoms with Gasteiger partial charge in [-0.15, -0.1) is 23.5 Å². The fourth-order valence-electron chi connectivity index (χ4n) is 1.88. The van der Waals surface area contributed by atoms with Crippen LogP contribution in [0.1, 0.15) is 38.7 Å². The summed E-state index contributed by atoms with van der Waals surface area (Å²) in [6, 6.07) is 0. The van der Waals surface area contributed by atoms with Crippen LogP contribution in [-0.2, 0) is 28.6 Å². The van der Waals surface area contributed by atoms with Gasteiger partial charge in [0.05, 0.1) is 11.2 Å². The minimum atomic E-state index is -1.38. The van der Waals surface area contributed by atoms with Gasteiger partial charge in [-0.1, -0.05) is 13.8 Å². The summed E-state index contributed by atoms with van der Waals surface area (Å²) >= 11 is 2.81. The maximum absolute atomic E-state index is 11.8. The smallest absolute Gasteiger partial charge is 0.303 e. The van der Waals surface area contributed by atoms with Crippen molar-refractivity contribution >= 4 is 41.4 Å². The molecule has 0 aliphatic carbocycles. The molecule has 0 aromatic carbocycles. The van der Waals surface area contributed by atoms with E-state index in [-0.39, 0.29) is 0 Å². The first kappa shape index (κ1) is 17.9. The van der Waals surface area contributed by atoms with Crippen molar-refractivity contribution in [1.82, 2.24) is 0 Å². The van der Waals surface area contributed by atoms with Gasteiger partial charge in [-0.2, -0.15) is 0 Å². The molecule has 7 nitrogen and oxygen atoms in total. The van der Waals surface area contributed by atoms with Crippen LogP contribution in [0.2, 0.25) is 0 Å². The van der Waals surface area contributed by atoms with Gasteiger partial charge in [0.1, 0.15) is 0 Å². The lowest BCUT2D eigenvalue weighted by atomic mass is 10.1. The first-order valence-electron chi connectivity index (χ1n) is 9.30. The Morgan fingerprint density at radius 1 is 0.917 bits per heavy atom. The van der Waals surface area contributed by atoms with E-state index in [1.807, 2.05) is 13.8 Å². The van der Waals surface area contributed by atoms with E-state index in [2.05, 4.69) is 0 Å². The molecule has 0 rings (SSSR count). The zero-order valence-electron chi connectivity index (χ0n) is 16.8. The molecule has 24 heavy (non-hydrogen) atoms. The van der Waals surface area contributed by atoms with Crippen LogP contribution < -0.4 is 0 Å². The minimum absolute atomic E-state index is 0.428. The molecular weight excluding hydrogens is 356 g/mol. The third-order valence-electron chi connectivity index (χ3n) is 2.62. The summed E-state index contributed by atoms with van der Waals surface area (Å²) in [6.07, 6.45) is -3.87. The highest BCUT2D eigenvalue weighted by atomic mass is 32.2. The van der Waals surface area contributed by atoms with Crippen LogP contribution in [-0.4, -0.2) is 64.0 Å². The van der Waals surface area contributed by atoms with E-state index in [1.54, 1.807) is 0 Å². The van der Waals surface area contributed by atoms with Crippen LogP contribution >= 0.6 is 23.5 Å². The maximum Gasteiger partial charge on any atom is 0.303 e. The molecule has 0 unspecified atom stereocenters. The number of hydrogen-bond acceptors (Lipinski definition) is 9. The standard InChI is InChI=1S/C15H26O7S2/c1-6-23-15(24-7-2)14(22-11(5)19)13(21-10(4)18)12(8-16)20-9(3)17/h12-16H,6-8H2,1-5H3/t12-,13+,14+/m1/s1/i3D,4D,5D. The van der Waals surface area contributed by atoms with E-state index in [9.17, 15) is 19.5 Å². The Bertz CT molecular complexity index is 465. The Kier molecular flexibility index (Phi) is 9.26. The Labute approximate surface area is 155 Å². The molecule has 0 aliphatic heterocycles. The molecule has 0 fully saturated rings. The average molecular weight is 386 g/mol. The van der Waals surface area contributed by atoms with Gasteiger partial charge in [0.2, 0.25) is 0 Å². The number of carbonyl (C=O) groups excluding carboxylic acids is 3. The molecular formula is C15H26O7S2. The molecule has 0 heterocycles. The number of aliphatic hydroxyl groups is 1. The summed E-state index contributed by atoms with van der Waals surface area (Å²) in [5.74, 6) is -1.48. The molecule has 0 aliphatic rings. The van der Waals surface area contributed by atoms with E-state index < -0.39 is 68.1 Å². The maximum atomic E-state index is 11.8. The van der Waals surface area contributed by atoms with Crippen LogP contribution in [0.5, 0.6) is 0 Å². The first-order chi connectivity index (χ1) is 12.9. The number of ether oxygens (including phenoxy) is 3. The van der Waals surface area contributed by atoms with Gasteiger partial charge in [-0.3, -0.25) is 14.4 Å². The Balaban J connectivity index is 5.90. The summed E-state index contributed by atoms with van der Waals surface area (Å²) < 4.78 is 36.4. The van der Waals surface area contributed by atoms with Crippen LogP contribution in [0, 0.1) is 0 Å². The number of aliphatic hydroxyl groups excluding tert-OH is 1. The molecule has 0 aromatic heterocycles. The predicted octanol–water partition coefficient (Wildman–Crippen LogP) is 1.61. The van der Waals surface area contributed by atoms with E-state index in [0.717, 1.165) is 0 Å². The lowest BCUT2D eigenvalue weighted by Gasteiger charge is -2.34. The molecule has 0 amide bonds. The number of thioether (sulfide) groups is 2. The van der Waals surface area contributed by atoms with E-state index in [0.29, 0.717) is 11.5 Å². The average Bonchev–Trinajstić information content (AvgIpc) is 2.67. The van der Waals surface area contributed by atoms with Crippen LogP contribution in [0.25, 0.3) is 0 Å². The van der Waals surface area contributed by atoms with Gasteiger partial charge in [0, 0.05) is 24.8 Å². The predicted molar refractivity (Wildman–Crippen MR) is 93.8 cm³/mol. The highest BCUT2D eigenvalue weighted by molar-refractivity contribution is 8.17. The van der Waals surface area contributed by atoms with E-state index in [4.69, 9.17) is 18.3 Å². The second-order valence-corrected chi connectivity index (χ2v) is 7.53. The number of esters is 3. The zero-order valence-corrected chi connectivity index (χ0v) is 15.4. The molecule has 140 valence electrons. The summed E-state index contributed by atoms with van der Waals surface area (Å²) in [7, 11) is 0. The van der Waals surface area contributed by atoms with Gasteiger partial charge < -0.3 is 19.3 Å². The van der Waals surface area contributed by atoms with Gasteiger partial charge in [0.15, 0.2) is 18.3 Å². The summed E-state index contributed by atoms with van der Waals surface area (Å²) in [5.41, 5.74) is 0. The number of hydrogen-bond donors (Lipinski definition) is 1. The third kappa shape index (κ3) is 8.79. The normalized spacial score (nSPS) is 16.2. The van der Waals surface area contributed by atoms with Crippen molar-refractivity contribution in [2.24, 2.45) is 0 Å². The molecule has 0 bridgehead atoms. The highest BCUT2D eigenvalue weighted by Gasteiger charge is 2.41. The number of carbonyl (C=O) groups is 3. The molecule has 3 atom stereocenters. The van der Waals surface area contributed by atoms with Crippen molar-refractivity contribution in [2.75, 3.05) is 18.1 Å². The van der Waals surface area contributed by atoms with E-state index in [1.165, 1.54) is 23.5 Å². The Morgan fingerprint density at radius 3 is 1.79 bits per heavy atom. The quantitative estimate of drug-likeness (QED) is 0.323. The highest BCUT2D eigenvalue weighted by Crippen LogP contribution is 2.32. The van der Waals surface area contributed by atoms with Crippen molar-refractivity contribution in [3.8, 4) is 0 Å². The third-order valence-corrected chi connectivity index (χ3v) is 5.29. The molecule has 0 saturated heterocycles. The van der Waals surface area contributed by atoms with Crippen LogP contribution in [0.3, 0.4) is 0 Å². The van der Waals surface area contributed by atoms with Gasteiger partial charge in [-0.25, -0.2) is 0 Å². The van der Waals surface area contributed by atoms with Gasteiger partial charge in [-0.05, 0) is 11.5 Å². The number of rotatable bonds is 11. The molecule has 0 radical (unpaired) electrons. The SMILES string of the molecule is [2H]CC(=O)O[C@H]([C@H](OC(=O)C[2H])C(SCC)SCC)[C@@H](CO)OC(=O)C[2H]. The monoisotopic (exact) mass is 385 g/mol. The van der Waals surface area contributed by atoms with Crippen molar-refractivity contribution in [3.63, 3.8) is 0 Å². The Morgan fingerprint density at radius 2 is 1.38 bits per heavy atom. The minimum Gasteiger partial charge on any atom is -0.456 e. The lowest BCUT2D eigenvalue weighted by molar-refractivity contribution is -0.184. The van der Waals surface area contributed by atoms with Crippen molar-refractivity contribution < 1.29 is 37.8 Å². The molecule has 0 saturated carbocycles. The van der Waals surface area contributed by atoms with Gasteiger partial charge >= 0.3 is 17.9 Å². The van der Waals surface area contributed by atoms with Crippen molar-refractivity contribution in [1.29, 1.82) is 0 Å². The summed E-state index contributed by atoms with van der Waals surface area (Å²) in [5, 5.41) is 9.64. The van der Waals surface area contributed by atoms with Gasteiger partial charge in [0.25, 0.3) is 0 Å². The van der Waals surface area contributed by atoms with E-state index >= 15 is 0 Å². The zero-order chi connectivity index (χ0) is 20.8. The Hall–Kier alpha value is -0.930. The lowest BCUT2D eigenvalue weighted by Crippen LogP contribution is -2.50. The first-order valence-corrected chi connectivity index (χ1v) is 9.28. The molecule has 1 N–H and O–H groups in total. The topological polar surface area (TPSA) is 99.1 Å². The van der Waals surface area contributed by atoms with Crippen LogP contribution in [0.4, 0.5) is 0 Å². The molecule has 0 aromatic rings. The second-order valence-electron chi connectivity index (χ2n) is 4.40. The molecule has 9 heteroatoms. The summed E-state index contributed by atoms with van der Waals surface area (Å²) in [6.45, 7) is 0.941. The van der Waals surface area contributed by atoms with Crippen molar-refractivity contribution in [2.45, 2.75) is 57.4 Å². The molecule has 0 spiro atoms. The fraction of sp³-hybridized carbons (Fsp3) is 0.800. The van der Waals surface area contributed by atoms with Crippen molar-refractivity contribution in [3.05, 3.63) is 0 Å².